The SMILES string of the molecule is CCNCC1(CC2CCC(C)(C)O2)CCCCC1. The average molecular weight is 253 g/mol. The number of hydrogen-bond acceptors (Lipinski definition) is 2. The molecule has 0 radical (unpaired) electrons. The maximum absolute atomic E-state index is 6.23. The van der Waals surface area contributed by atoms with Crippen LogP contribution in [0.2, 0.25) is 0 Å². The number of nitrogens with one attached hydrogen (secondary N) is 1. The molecule has 18 heavy (non-hydrogen) atoms. The topological polar surface area (TPSA) is 21.3 Å². The van der Waals surface area contributed by atoms with E-state index in [1.165, 1.54) is 57.9 Å². The summed E-state index contributed by atoms with van der Waals surface area (Å²) in [6, 6.07) is 0. The van der Waals surface area contributed by atoms with Gasteiger partial charge >= 0.3 is 0 Å². The van der Waals surface area contributed by atoms with E-state index >= 15 is 0 Å². The molecule has 0 bridgehead atoms. The van der Waals surface area contributed by atoms with Crippen molar-refractivity contribution < 1.29 is 4.74 Å². The Kier molecular flexibility index (Phi) is 4.71. The second kappa shape index (κ2) is 5.92. The zero-order valence-electron chi connectivity index (χ0n) is 12.6. The first kappa shape index (κ1) is 14.3. The summed E-state index contributed by atoms with van der Waals surface area (Å²) in [6.45, 7) is 8.99. The van der Waals surface area contributed by atoms with Crippen LogP contribution in [0.3, 0.4) is 0 Å². The monoisotopic (exact) mass is 253 g/mol. The van der Waals surface area contributed by atoms with Crippen LogP contribution in [0.25, 0.3) is 0 Å². The maximum atomic E-state index is 6.23. The number of ether oxygens (including phenoxy) is 1. The van der Waals surface area contributed by atoms with Gasteiger partial charge in [0.2, 0.25) is 0 Å². The van der Waals surface area contributed by atoms with Crippen LogP contribution in [-0.4, -0.2) is 24.8 Å². The van der Waals surface area contributed by atoms with Crippen molar-refractivity contribution in [2.24, 2.45) is 5.41 Å². The molecule has 1 aliphatic heterocycles. The zero-order chi connectivity index (χ0) is 13.1. The molecule has 1 aliphatic carbocycles. The smallest absolute Gasteiger partial charge is 0.0631 e. The van der Waals surface area contributed by atoms with Crippen molar-refractivity contribution in [3.63, 3.8) is 0 Å². The summed E-state index contributed by atoms with van der Waals surface area (Å²) in [5.41, 5.74) is 0.651. The van der Waals surface area contributed by atoms with E-state index in [0.29, 0.717) is 11.5 Å². The third kappa shape index (κ3) is 3.71. The van der Waals surface area contributed by atoms with Gasteiger partial charge < -0.3 is 10.1 Å². The fraction of sp³-hybridized carbons (Fsp3) is 1.00. The van der Waals surface area contributed by atoms with Gasteiger partial charge in [-0.25, -0.2) is 0 Å². The molecule has 2 heteroatoms. The fourth-order valence-corrected chi connectivity index (χ4v) is 3.85. The lowest BCUT2D eigenvalue weighted by Crippen LogP contribution is -2.39. The Hall–Kier alpha value is -0.0800. The van der Waals surface area contributed by atoms with E-state index in [9.17, 15) is 0 Å². The third-order valence-electron chi connectivity index (χ3n) is 4.88. The van der Waals surface area contributed by atoms with Crippen molar-refractivity contribution in [2.75, 3.05) is 13.1 Å². The highest BCUT2D eigenvalue weighted by molar-refractivity contribution is 4.91. The Morgan fingerprint density at radius 1 is 1.11 bits per heavy atom. The molecule has 1 heterocycles. The van der Waals surface area contributed by atoms with E-state index in [1.807, 2.05) is 0 Å². The molecule has 1 atom stereocenters. The minimum atomic E-state index is 0.124. The summed E-state index contributed by atoms with van der Waals surface area (Å²) in [6.07, 6.45) is 11.4. The molecule has 1 saturated heterocycles. The van der Waals surface area contributed by atoms with Crippen molar-refractivity contribution in [3.05, 3.63) is 0 Å². The van der Waals surface area contributed by atoms with Crippen molar-refractivity contribution in [2.45, 2.75) is 83.8 Å². The Bertz CT molecular complexity index is 256. The summed E-state index contributed by atoms with van der Waals surface area (Å²) in [5.74, 6) is 0. The van der Waals surface area contributed by atoms with Gasteiger partial charge in [0.15, 0.2) is 0 Å². The Morgan fingerprint density at radius 2 is 1.83 bits per heavy atom. The van der Waals surface area contributed by atoms with Crippen LogP contribution in [0.4, 0.5) is 0 Å². The molecule has 0 aromatic rings. The predicted molar refractivity (Wildman–Crippen MR) is 76.9 cm³/mol. The highest BCUT2D eigenvalue weighted by Gasteiger charge is 2.39. The minimum Gasteiger partial charge on any atom is -0.372 e. The van der Waals surface area contributed by atoms with Crippen LogP contribution in [-0.2, 0) is 4.74 Å². The Labute approximate surface area is 113 Å². The quantitative estimate of drug-likeness (QED) is 0.802. The van der Waals surface area contributed by atoms with Crippen LogP contribution in [0.1, 0.15) is 72.1 Å². The molecule has 0 amide bonds. The molecule has 0 aromatic heterocycles. The molecular weight excluding hydrogens is 222 g/mol. The van der Waals surface area contributed by atoms with Crippen molar-refractivity contribution in [1.82, 2.24) is 5.32 Å². The average Bonchev–Trinajstić information content (AvgIpc) is 2.67. The summed E-state index contributed by atoms with van der Waals surface area (Å²) in [4.78, 5) is 0. The van der Waals surface area contributed by atoms with E-state index in [-0.39, 0.29) is 5.60 Å². The van der Waals surface area contributed by atoms with E-state index in [4.69, 9.17) is 4.74 Å². The van der Waals surface area contributed by atoms with Crippen LogP contribution in [0, 0.1) is 5.41 Å². The van der Waals surface area contributed by atoms with Gasteiger partial charge in [-0.3, -0.25) is 0 Å². The van der Waals surface area contributed by atoms with Crippen LogP contribution in [0.5, 0.6) is 0 Å². The minimum absolute atomic E-state index is 0.124. The molecule has 1 N–H and O–H groups in total. The third-order valence-corrected chi connectivity index (χ3v) is 4.88. The summed E-state index contributed by atoms with van der Waals surface area (Å²) >= 11 is 0. The molecule has 2 rings (SSSR count). The van der Waals surface area contributed by atoms with Gasteiger partial charge in [0.05, 0.1) is 11.7 Å². The Balaban J connectivity index is 1.92. The largest absolute Gasteiger partial charge is 0.372 e. The molecule has 106 valence electrons. The van der Waals surface area contributed by atoms with Crippen molar-refractivity contribution in [3.8, 4) is 0 Å². The fourth-order valence-electron chi connectivity index (χ4n) is 3.85. The molecule has 1 unspecified atom stereocenters. The number of hydrogen-bond donors (Lipinski definition) is 1. The first-order valence-corrected chi connectivity index (χ1v) is 7.94. The van der Waals surface area contributed by atoms with Gasteiger partial charge in [-0.05, 0) is 57.9 Å². The van der Waals surface area contributed by atoms with Crippen LogP contribution >= 0.6 is 0 Å². The molecule has 2 aliphatic rings. The second-order valence-corrected chi connectivity index (χ2v) is 7.08. The van der Waals surface area contributed by atoms with Gasteiger partial charge in [0, 0.05) is 6.54 Å². The van der Waals surface area contributed by atoms with E-state index < -0.39 is 0 Å². The van der Waals surface area contributed by atoms with Crippen LogP contribution < -0.4 is 5.32 Å². The molecule has 1 saturated carbocycles. The standard InChI is InChI=1S/C16H31NO/c1-4-17-13-16(9-6-5-7-10-16)12-14-8-11-15(2,3)18-14/h14,17H,4-13H2,1-3H3. The maximum Gasteiger partial charge on any atom is 0.0631 e. The van der Waals surface area contributed by atoms with E-state index in [1.54, 1.807) is 0 Å². The second-order valence-electron chi connectivity index (χ2n) is 7.08. The lowest BCUT2D eigenvalue weighted by Gasteiger charge is -2.39. The summed E-state index contributed by atoms with van der Waals surface area (Å²) in [7, 11) is 0. The van der Waals surface area contributed by atoms with Gasteiger partial charge in [0.1, 0.15) is 0 Å². The van der Waals surface area contributed by atoms with E-state index in [0.717, 1.165) is 6.54 Å². The summed E-state index contributed by atoms with van der Waals surface area (Å²) in [5, 5.41) is 3.60. The van der Waals surface area contributed by atoms with Gasteiger partial charge in [-0.15, -0.1) is 0 Å². The highest BCUT2D eigenvalue weighted by atomic mass is 16.5. The first-order chi connectivity index (χ1) is 8.55. The Morgan fingerprint density at radius 3 is 2.39 bits per heavy atom. The van der Waals surface area contributed by atoms with E-state index in [2.05, 4.69) is 26.1 Å². The van der Waals surface area contributed by atoms with Gasteiger partial charge in [0.25, 0.3) is 0 Å². The molecule has 2 nitrogen and oxygen atoms in total. The lowest BCUT2D eigenvalue weighted by molar-refractivity contribution is -0.0408. The van der Waals surface area contributed by atoms with Crippen LogP contribution in [0.15, 0.2) is 0 Å². The highest BCUT2D eigenvalue weighted by Crippen LogP contribution is 2.43. The van der Waals surface area contributed by atoms with Gasteiger partial charge in [-0.1, -0.05) is 26.2 Å². The normalized spacial score (nSPS) is 30.5. The van der Waals surface area contributed by atoms with Gasteiger partial charge in [-0.2, -0.15) is 0 Å². The number of rotatable bonds is 5. The zero-order valence-corrected chi connectivity index (χ0v) is 12.6. The molecule has 0 aromatic carbocycles. The first-order valence-electron chi connectivity index (χ1n) is 7.94. The molecule has 0 spiro atoms. The lowest BCUT2D eigenvalue weighted by atomic mass is 9.70. The predicted octanol–water partition coefficient (Wildman–Crippen LogP) is 3.89. The summed E-state index contributed by atoms with van der Waals surface area (Å²) < 4.78 is 6.23. The molecular formula is C16H31NO. The van der Waals surface area contributed by atoms with Crippen molar-refractivity contribution >= 4 is 0 Å². The van der Waals surface area contributed by atoms with Crippen molar-refractivity contribution in [1.29, 1.82) is 0 Å². The molecule has 2 fully saturated rings.